The lowest BCUT2D eigenvalue weighted by Gasteiger charge is -2.19. The van der Waals surface area contributed by atoms with Crippen molar-refractivity contribution in [2.75, 3.05) is 23.4 Å². The van der Waals surface area contributed by atoms with Crippen molar-refractivity contribution in [3.8, 4) is 5.75 Å². The predicted molar refractivity (Wildman–Crippen MR) is 93.0 cm³/mol. The highest BCUT2D eigenvalue weighted by atomic mass is 32.2. The number of aryl methyl sites for hydroxylation is 1. The largest absolute Gasteiger partial charge is 0.508 e. The Hall–Kier alpha value is -1.89. The van der Waals surface area contributed by atoms with Crippen LogP contribution in [0.2, 0.25) is 0 Å². The smallest absolute Gasteiger partial charge is 0.407 e. The van der Waals surface area contributed by atoms with Gasteiger partial charge in [-0.15, -0.1) is 0 Å². The maximum absolute atomic E-state index is 11.8. The Morgan fingerprint density at radius 3 is 2.61 bits per heavy atom. The normalized spacial score (nSPS) is 11.0. The Kier molecular flexibility index (Phi) is 7.22. The first-order chi connectivity index (χ1) is 10.7. The van der Waals surface area contributed by atoms with Crippen molar-refractivity contribution in [1.29, 1.82) is 0 Å². The number of carbonyl (C=O) groups is 2. The van der Waals surface area contributed by atoms with Crippen molar-refractivity contribution in [3.05, 3.63) is 23.8 Å². The maximum atomic E-state index is 11.8. The minimum atomic E-state index is -0.515. The zero-order valence-electron chi connectivity index (χ0n) is 13.9. The molecule has 0 atom stereocenters. The number of carbonyl (C=O) groups excluding carboxylic acids is 2. The first kappa shape index (κ1) is 19.2. The van der Waals surface area contributed by atoms with Gasteiger partial charge >= 0.3 is 6.09 Å². The summed E-state index contributed by atoms with van der Waals surface area (Å²) in [7, 11) is 0. The number of hydrogen-bond acceptors (Lipinski definition) is 5. The Morgan fingerprint density at radius 1 is 1.30 bits per heavy atom. The molecule has 0 saturated heterocycles. The molecule has 0 spiro atoms. The fraction of sp³-hybridized carbons (Fsp3) is 0.500. The molecule has 1 aromatic rings. The molecule has 3 N–H and O–H groups in total. The molecule has 0 radical (unpaired) electrons. The summed E-state index contributed by atoms with van der Waals surface area (Å²) in [6, 6.07) is 4.78. The van der Waals surface area contributed by atoms with Gasteiger partial charge in [0, 0.05) is 18.0 Å². The number of benzene rings is 1. The summed E-state index contributed by atoms with van der Waals surface area (Å²) in [6.45, 7) is 7.66. The molecule has 0 unspecified atom stereocenters. The number of hydrogen-bond donors (Lipinski definition) is 3. The Balaban J connectivity index is 2.21. The standard InChI is InChI=1S/C16H24N2O4S/c1-11-9-12(19)5-6-13(11)18-14(20)10-23-8-7-17-15(21)22-16(2,3)4/h5-6,9,19H,7-8,10H2,1-4H3,(H,17,21)(H,18,20). The second kappa shape index (κ2) is 8.67. The Morgan fingerprint density at radius 2 is 2.00 bits per heavy atom. The van der Waals surface area contributed by atoms with Gasteiger partial charge in [0.25, 0.3) is 0 Å². The molecule has 0 saturated carbocycles. The molecule has 1 rings (SSSR count). The number of anilines is 1. The number of nitrogens with one attached hydrogen (secondary N) is 2. The van der Waals surface area contributed by atoms with Gasteiger partial charge in [0.05, 0.1) is 5.75 Å². The predicted octanol–water partition coefficient (Wildman–Crippen LogP) is 2.90. The zero-order valence-corrected chi connectivity index (χ0v) is 14.8. The van der Waals surface area contributed by atoms with Crippen LogP contribution in [0.15, 0.2) is 18.2 Å². The number of alkyl carbamates (subject to hydrolysis) is 1. The zero-order chi connectivity index (χ0) is 17.5. The van der Waals surface area contributed by atoms with Crippen LogP contribution in [0.3, 0.4) is 0 Å². The molecule has 1 aromatic carbocycles. The van der Waals surface area contributed by atoms with E-state index in [0.29, 0.717) is 18.0 Å². The van der Waals surface area contributed by atoms with Crippen LogP contribution in [0.5, 0.6) is 5.75 Å². The van der Waals surface area contributed by atoms with Crippen LogP contribution in [-0.2, 0) is 9.53 Å². The number of thioether (sulfide) groups is 1. The van der Waals surface area contributed by atoms with Gasteiger partial charge in [-0.25, -0.2) is 4.79 Å². The molecule has 2 amide bonds. The van der Waals surface area contributed by atoms with Crippen molar-refractivity contribution in [3.63, 3.8) is 0 Å². The van der Waals surface area contributed by atoms with Crippen LogP contribution in [0.1, 0.15) is 26.3 Å². The summed E-state index contributed by atoms with van der Waals surface area (Å²) in [5, 5.41) is 14.7. The summed E-state index contributed by atoms with van der Waals surface area (Å²) in [4.78, 5) is 23.2. The molecule has 0 aliphatic carbocycles. The van der Waals surface area contributed by atoms with E-state index in [-0.39, 0.29) is 17.4 Å². The molecule has 23 heavy (non-hydrogen) atoms. The number of amides is 2. The second-order valence-electron chi connectivity index (χ2n) is 6.03. The maximum Gasteiger partial charge on any atom is 0.407 e. The van der Waals surface area contributed by atoms with Crippen molar-refractivity contribution < 1.29 is 19.4 Å². The number of phenolic OH excluding ortho intramolecular Hbond substituents is 1. The highest BCUT2D eigenvalue weighted by Gasteiger charge is 2.15. The minimum absolute atomic E-state index is 0.124. The Labute approximate surface area is 141 Å². The lowest BCUT2D eigenvalue weighted by atomic mass is 10.2. The molecule has 0 fully saturated rings. The molecule has 0 bridgehead atoms. The molecular weight excluding hydrogens is 316 g/mol. The fourth-order valence-corrected chi connectivity index (χ4v) is 2.33. The summed E-state index contributed by atoms with van der Waals surface area (Å²) in [6.07, 6.45) is -0.456. The molecule has 0 aromatic heterocycles. The van der Waals surface area contributed by atoms with Gasteiger partial charge in [-0.3, -0.25) is 4.79 Å². The lowest BCUT2D eigenvalue weighted by Crippen LogP contribution is -2.33. The number of rotatable bonds is 6. The first-order valence-corrected chi connectivity index (χ1v) is 8.47. The van der Waals surface area contributed by atoms with E-state index < -0.39 is 11.7 Å². The number of ether oxygens (including phenoxy) is 1. The van der Waals surface area contributed by atoms with E-state index in [1.54, 1.807) is 32.9 Å². The lowest BCUT2D eigenvalue weighted by molar-refractivity contribution is -0.113. The highest BCUT2D eigenvalue weighted by Crippen LogP contribution is 2.20. The number of phenols is 1. The van der Waals surface area contributed by atoms with Crippen LogP contribution in [0.25, 0.3) is 0 Å². The average Bonchev–Trinajstić information content (AvgIpc) is 2.39. The average molecular weight is 340 g/mol. The molecule has 0 heterocycles. The molecular formula is C16H24N2O4S. The van der Waals surface area contributed by atoms with Gasteiger partial charge in [0.15, 0.2) is 0 Å². The minimum Gasteiger partial charge on any atom is -0.508 e. The van der Waals surface area contributed by atoms with E-state index in [0.717, 1.165) is 5.56 Å². The van der Waals surface area contributed by atoms with Gasteiger partial charge in [-0.2, -0.15) is 11.8 Å². The molecule has 6 nitrogen and oxygen atoms in total. The van der Waals surface area contributed by atoms with Gasteiger partial charge < -0.3 is 20.5 Å². The van der Waals surface area contributed by atoms with Gasteiger partial charge in [0.2, 0.25) is 5.91 Å². The Bertz CT molecular complexity index is 556. The molecule has 7 heteroatoms. The van der Waals surface area contributed by atoms with Crippen molar-refractivity contribution in [1.82, 2.24) is 5.32 Å². The van der Waals surface area contributed by atoms with E-state index in [4.69, 9.17) is 4.74 Å². The fourth-order valence-electron chi connectivity index (χ4n) is 1.68. The van der Waals surface area contributed by atoms with Gasteiger partial charge in [-0.05, 0) is 51.5 Å². The molecule has 0 aliphatic heterocycles. The van der Waals surface area contributed by atoms with Crippen LogP contribution < -0.4 is 10.6 Å². The monoisotopic (exact) mass is 340 g/mol. The second-order valence-corrected chi connectivity index (χ2v) is 7.13. The quantitative estimate of drug-likeness (QED) is 0.547. The van der Waals surface area contributed by atoms with Crippen LogP contribution >= 0.6 is 11.8 Å². The van der Waals surface area contributed by atoms with E-state index in [9.17, 15) is 14.7 Å². The van der Waals surface area contributed by atoms with E-state index >= 15 is 0 Å². The summed E-state index contributed by atoms with van der Waals surface area (Å²) in [5.74, 6) is 0.946. The number of aromatic hydroxyl groups is 1. The highest BCUT2D eigenvalue weighted by molar-refractivity contribution is 7.99. The summed E-state index contributed by atoms with van der Waals surface area (Å²) in [5.41, 5.74) is 0.967. The van der Waals surface area contributed by atoms with E-state index in [2.05, 4.69) is 10.6 Å². The van der Waals surface area contributed by atoms with Crippen LogP contribution in [-0.4, -0.2) is 40.8 Å². The summed E-state index contributed by atoms with van der Waals surface area (Å²) >= 11 is 1.42. The van der Waals surface area contributed by atoms with Crippen molar-refractivity contribution >= 4 is 29.4 Å². The van der Waals surface area contributed by atoms with Gasteiger partial charge in [0.1, 0.15) is 11.4 Å². The van der Waals surface area contributed by atoms with Crippen LogP contribution in [0, 0.1) is 6.92 Å². The van der Waals surface area contributed by atoms with Crippen molar-refractivity contribution in [2.24, 2.45) is 0 Å². The topological polar surface area (TPSA) is 87.7 Å². The van der Waals surface area contributed by atoms with E-state index in [1.807, 2.05) is 6.92 Å². The SMILES string of the molecule is Cc1cc(O)ccc1NC(=O)CSCCNC(=O)OC(C)(C)C. The van der Waals surface area contributed by atoms with E-state index in [1.165, 1.54) is 17.8 Å². The third kappa shape index (κ3) is 8.35. The molecule has 0 aliphatic rings. The third-order valence-corrected chi connectivity index (χ3v) is 3.59. The van der Waals surface area contributed by atoms with Gasteiger partial charge in [-0.1, -0.05) is 0 Å². The van der Waals surface area contributed by atoms with Crippen molar-refractivity contribution in [2.45, 2.75) is 33.3 Å². The molecule has 128 valence electrons. The van der Waals surface area contributed by atoms with Crippen LogP contribution in [0.4, 0.5) is 10.5 Å². The first-order valence-electron chi connectivity index (χ1n) is 7.31. The third-order valence-electron chi connectivity index (χ3n) is 2.63. The summed E-state index contributed by atoms with van der Waals surface area (Å²) < 4.78 is 5.11.